The number of hydrogen-bond donors (Lipinski definition) is 0. The fraction of sp³-hybridized carbons (Fsp3) is 0.812. The summed E-state index contributed by atoms with van der Waals surface area (Å²) in [5.41, 5.74) is 0. The second kappa shape index (κ2) is 6.77. The summed E-state index contributed by atoms with van der Waals surface area (Å²) in [6, 6.07) is 0.982. The first-order valence-corrected chi connectivity index (χ1v) is 8.44. The zero-order valence-corrected chi connectivity index (χ0v) is 13.6. The van der Waals surface area contributed by atoms with Crippen molar-refractivity contribution in [1.82, 2.24) is 19.9 Å². The third-order valence-electron chi connectivity index (χ3n) is 4.99. The van der Waals surface area contributed by atoms with Crippen LogP contribution in [-0.2, 0) is 11.2 Å². The van der Waals surface area contributed by atoms with E-state index in [1.807, 2.05) is 6.92 Å². The molecule has 2 atom stereocenters. The summed E-state index contributed by atoms with van der Waals surface area (Å²) in [5.74, 6) is 1.59. The number of carbonyl (C=O) groups excluding carboxylic acids is 1. The van der Waals surface area contributed by atoms with Crippen molar-refractivity contribution in [2.45, 2.75) is 64.0 Å². The highest BCUT2D eigenvalue weighted by atomic mass is 16.5. The van der Waals surface area contributed by atoms with Crippen molar-refractivity contribution in [3.63, 3.8) is 0 Å². The van der Waals surface area contributed by atoms with E-state index >= 15 is 0 Å². The summed E-state index contributed by atoms with van der Waals surface area (Å²) in [7, 11) is 2.19. The van der Waals surface area contributed by atoms with Crippen molar-refractivity contribution >= 4 is 5.91 Å². The maximum atomic E-state index is 12.6. The molecule has 122 valence electrons. The zero-order valence-electron chi connectivity index (χ0n) is 13.6. The number of aryl methyl sites for hydroxylation is 2. The first-order valence-electron chi connectivity index (χ1n) is 8.44. The fourth-order valence-electron chi connectivity index (χ4n) is 3.90. The average molecular weight is 306 g/mol. The molecule has 0 radical (unpaired) electrons. The molecular weight excluding hydrogens is 280 g/mol. The minimum absolute atomic E-state index is 0.291. The number of rotatable bonds is 5. The Morgan fingerprint density at radius 3 is 2.73 bits per heavy atom. The van der Waals surface area contributed by atoms with Crippen LogP contribution in [0.15, 0.2) is 4.52 Å². The van der Waals surface area contributed by atoms with E-state index in [9.17, 15) is 4.79 Å². The van der Waals surface area contributed by atoms with E-state index in [2.05, 4.69) is 27.0 Å². The van der Waals surface area contributed by atoms with Gasteiger partial charge in [0.25, 0.3) is 0 Å². The quantitative estimate of drug-likeness (QED) is 0.830. The van der Waals surface area contributed by atoms with Crippen LogP contribution in [-0.4, -0.2) is 58.1 Å². The zero-order chi connectivity index (χ0) is 15.5. The van der Waals surface area contributed by atoms with E-state index in [4.69, 9.17) is 4.52 Å². The molecule has 3 heterocycles. The van der Waals surface area contributed by atoms with Crippen LogP contribution in [0.3, 0.4) is 0 Å². The van der Waals surface area contributed by atoms with Gasteiger partial charge < -0.3 is 14.3 Å². The number of amides is 1. The topological polar surface area (TPSA) is 62.5 Å². The molecule has 0 N–H and O–H groups in total. The smallest absolute Gasteiger partial charge is 0.226 e. The lowest BCUT2D eigenvalue weighted by Gasteiger charge is -2.33. The maximum absolute atomic E-state index is 12.6. The van der Waals surface area contributed by atoms with Gasteiger partial charge in [0.1, 0.15) is 0 Å². The van der Waals surface area contributed by atoms with Gasteiger partial charge in [0, 0.05) is 31.5 Å². The van der Waals surface area contributed by atoms with Gasteiger partial charge >= 0.3 is 0 Å². The average Bonchev–Trinajstić information content (AvgIpc) is 3.19. The van der Waals surface area contributed by atoms with Crippen LogP contribution in [0.25, 0.3) is 0 Å². The predicted octanol–water partition coefficient (Wildman–Crippen LogP) is 1.79. The van der Waals surface area contributed by atoms with Gasteiger partial charge in [-0.25, -0.2) is 0 Å². The number of carbonyl (C=O) groups is 1. The highest BCUT2D eigenvalue weighted by molar-refractivity contribution is 5.76. The Kier molecular flexibility index (Phi) is 4.76. The van der Waals surface area contributed by atoms with Gasteiger partial charge in [0.05, 0.1) is 0 Å². The molecular formula is C16H26N4O2. The molecule has 0 aliphatic carbocycles. The van der Waals surface area contributed by atoms with Crippen LogP contribution in [0.5, 0.6) is 0 Å². The predicted molar refractivity (Wildman–Crippen MR) is 82.4 cm³/mol. The Bertz CT molecular complexity index is 516. The summed E-state index contributed by atoms with van der Waals surface area (Å²) in [6.45, 7) is 3.90. The Labute approximate surface area is 131 Å². The molecule has 0 spiro atoms. The molecule has 0 unspecified atom stereocenters. The number of aromatic nitrogens is 2. The van der Waals surface area contributed by atoms with Gasteiger partial charge in [-0.15, -0.1) is 0 Å². The van der Waals surface area contributed by atoms with E-state index in [1.54, 1.807) is 0 Å². The van der Waals surface area contributed by atoms with Gasteiger partial charge in [-0.2, -0.15) is 4.98 Å². The molecule has 6 heteroatoms. The summed E-state index contributed by atoms with van der Waals surface area (Å²) >= 11 is 0. The second-order valence-electron chi connectivity index (χ2n) is 6.58. The van der Waals surface area contributed by atoms with Gasteiger partial charge in [-0.1, -0.05) is 5.16 Å². The van der Waals surface area contributed by atoms with Gasteiger partial charge in [-0.05, 0) is 52.6 Å². The van der Waals surface area contributed by atoms with Crippen LogP contribution in [0.1, 0.15) is 50.2 Å². The highest BCUT2D eigenvalue weighted by Gasteiger charge is 2.37. The molecule has 2 saturated heterocycles. The van der Waals surface area contributed by atoms with Crippen molar-refractivity contribution in [2.75, 3.05) is 20.1 Å². The van der Waals surface area contributed by atoms with Gasteiger partial charge in [-0.3, -0.25) is 4.79 Å². The molecule has 0 aromatic carbocycles. The number of nitrogens with zero attached hydrogens (tertiary/aromatic N) is 4. The van der Waals surface area contributed by atoms with Crippen LogP contribution >= 0.6 is 0 Å². The molecule has 1 amide bonds. The van der Waals surface area contributed by atoms with Crippen LogP contribution in [0.4, 0.5) is 0 Å². The van der Waals surface area contributed by atoms with Crippen LogP contribution in [0, 0.1) is 6.92 Å². The lowest BCUT2D eigenvalue weighted by molar-refractivity contribution is -0.133. The third kappa shape index (κ3) is 3.32. The third-order valence-corrected chi connectivity index (χ3v) is 4.99. The van der Waals surface area contributed by atoms with E-state index < -0.39 is 0 Å². The minimum atomic E-state index is 0.291. The molecule has 1 aromatic rings. The number of hydrogen-bond acceptors (Lipinski definition) is 5. The maximum Gasteiger partial charge on any atom is 0.226 e. The molecule has 1 aromatic heterocycles. The fourth-order valence-corrected chi connectivity index (χ4v) is 3.90. The minimum Gasteiger partial charge on any atom is -0.339 e. The molecule has 2 fully saturated rings. The van der Waals surface area contributed by atoms with E-state index in [-0.39, 0.29) is 0 Å². The number of likely N-dealkylation sites (tertiary alicyclic amines) is 2. The van der Waals surface area contributed by atoms with Crippen molar-refractivity contribution in [3.8, 4) is 0 Å². The molecule has 0 saturated carbocycles. The first kappa shape index (κ1) is 15.5. The number of likely N-dealkylation sites (N-methyl/N-ethyl adjacent to an activating group) is 1. The van der Waals surface area contributed by atoms with Crippen molar-refractivity contribution in [3.05, 3.63) is 11.7 Å². The Morgan fingerprint density at radius 1 is 1.27 bits per heavy atom. The summed E-state index contributed by atoms with van der Waals surface area (Å²) in [4.78, 5) is 21.3. The van der Waals surface area contributed by atoms with Gasteiger partial charge in [0.2, 0.25) is 11.8 Å². The van der Waals surface area contributed by atoms with Crippen LogP contribution < -0.4 is 0 Å². The molecule has 2 aliphatic heterocycles. The van der Waals surface area contributed by atoms with Crippen molar-refractivity contribution in [1.29, 1.82) is 0 Å². The van der Waals surface area contributed by atoms with Crippen molar-refractivity contribution < 1.29 is 9.32 Å². The molecule has 0 bridgehead atoms. The summed E-state index contributed by atoms with van der Waals surface area (Å²) < 4.78 is 5.10. The van der Waals surface area contributed by atoms with E-state index in [0.29, 0.717) is 42.5 Å². The molecule has 2 aliphatic rings. The lowest BCUT2D eigenvalue weighted by Crippen LogP contribution is -2.47. The normalized spacial score (nSPS) is 26.0. The standard InChI is InChI=1S/C16H26N4O2/c1-12-17-15(22-18-12)8-3-9-16(21)20-11-5-7-14(20)13-6-4-10-19(13)2/h13-14H,3-11H2,1-2H3/t13-,14+/m0/s1. The second-order valence-corrected chi connectivity index (χ2v) is 6.58. The SMILES string of the molecule is Cc1noc(CCCC(=O)N2CCC[C@@H]2[C@@H]2CCCN2C)n1. The molecule has 6 nitrogen and oxygen atoms in total. The molecule has 22 heavy (non-hydrogen) atoms. The highest BCUT2D eigenvalue weighted by Crippen LogP contribution is 2.29. The summed E-state index contributed by atoms with van der Waals surface area (Å²) in [6.07, 6.45) is 6.84. The lowest BCUT2D eigenvalue weighted by atomic mass is 10.0. The monoisotopic (exact) mass is 306 g/mol. The van der Waals surface area contributed by atoms with Gasteiger partial charge in [0.15, 0.2) is 5.82 Å². The Balaban J connectivity index is 1.50. The molecule has 3 rings (SSSR count). The largest absolute Gasteiger partial charge is 0.339 e. The summed E-state index contributed by atoms with van der Waals surface area (Å²) in [5, 5.41) is 3.78. The van der Waals surface area contributed by atoms with E-state index in [0.717, 1.165) is 25.8 Å². The Hall–Kier alpha value is -1.43. The van der Waals surface area contributed by atoms with Crippen molar-refractivity contribution in [2.24, 2.45) is 0 Å². The Morgan fingerprint density at radius 2 is 2.05 bits per heavy atom. The first-order chi connectivity index (χ1) is 10.6. The van der Waals surface area contributed by atoms with E-state index in [1.165, 1.54) is 19.4 Å². The van der Waals surface area contributed by atoms with Crippen LogP contribution in [0.2, 0.25) is 0 Å².